The molecule has 3 rings (SSSR count). The molecule has 0 saturated carbocycles. The van der Waals surface area contributed by atoms with Gasteiger partial charge in [0.1, 0.15) is 11.9 Å². The maximum Gasteiger partial charge on any atom is 0.513 e. The molecule has 0 amide bonds. The lowest BCUT2D eigenvalue weighted by Crippen LogP contribution is -2.32. The summed E-state index contributed by atoms with van der Waals surface area (Å²) in [4.78, 5) is 24.1. The zero-order valence-corrected chi connectivity index (χ0v) is 17.1. The first-order chi connectivity index (χ1) is 14.1. The number of unbranched alkanes of at least 4 members (excludes halogenated alkanes) is 4. The van der Waals surface area contributed by atoms with Gasteiger partial charge in [-0.1, -0.05) is 39.5 Å². The lowest BCUT2D eigenvalue weighted by atomic mass is 10.0. The second-order valence-electron chi connectivity index (χ2n) is 7.66. The Bertz CT molecular complexity index is 672. The van der Waals surface area contributed by atoms with Gasteiger partial charge in [-0.15, -0.1) is 0 Å². The van der Waals surface area contributed by atoms with Crippen molar-refractivity contribution in [3.05, 3.63) is 29.8 Å². The van der Waals surface area contributed by atoms with Crippen LogP contribution in [0.5, 0.6) is 5.75 Å². The van der Waals surface area contributed by atoms with Crippen molar-refractivity contribution in [3.8, 4) is 5.75 Å². The van der Waals surface area contributed by atoms with Gasteiger partial charge in [0.05, 0.1) is 31.5 Å². The number of esters is 1. The van der Waals surface area contributed by atoms with Gasteiger partial charge >= 0.3 is 12.1 Å². The number of fused-ring (bicyclic) bond motifs is 1. The molecule has 2 aliphatic heterocycles. The van der Waals surface area contributed by atoms with Crippen molar-refractivity contribution < 1.29 is 33.3 Å². The molecule has 1 aromatic carbocycles. The summed E-state index contributed by atoms with van der Waals surface area (Å²) in [5, 5.41) is 0. The fourth-order valence-corrected chi connectivity index (χ4v) is 3.61. The molecule has 0 spiro atoms. The fourth-order valence-electron chi connectivity index (χ4n) is 3.61. The summed E-state index contributed by atoms with van der Waals surface area (Å²) >= 11 is 0. The molecular formula is C22H30O7. The first kappa shape index (κ1) is 21.6. The number of hydrogen-bond acceptors (Lipinski definition) is 7. The third-order valence-electron chi connectivity index (χ3n) is 5.27. The van der Waals surface area contributed by atoms with Crippen molar-refractivity contribution in [3.63, 3.8) is 0 Å². The highest BCUT2D eigenvalue weighted by Gasteiger charge is 2.47. The van der Waals surface area contributed by atoms with E-state index in [1.54, 1.807) is 24.3 Å². The minimum atomic E-state index is -0.738. The van der Waals surface area contributed by atoms with E-state index in [1.165, 1.54) is 12.8 Å². The molecule has 2 unspecified atom stereocenters. The molecular weight excluding hydrogens is 376 g/mol. The Kier molecular flexibility index (Phi) is 7.89. The monoisotopic (exact) mass is 406 g/mol. The molecule has 2 saturated heterocycles. The van der Waals surface area contributed by atoms with Crippen molar-refractivity contribution in [1.82, 2.24) is 0 Å². The van der Waals surface area contributed by atoms with Crippen LogP contribution in [0.1, 0.15) is 56.3 Å². The Hall–Kier alpha value is -2.12. The minimum absolute atomic E-state index is 0.0127. The van der Waals surface area contributed by atoms with E-state index in [1.807, 2.05) is 0 Å². The Morgan fingerprint density at radius 3 is 2.48 bits per heavy atom. The second-order valence-corrected chi connectivity index (χ2v) is 7.66. The van der Waals surface area contributed by atoms with Gasteiger partial charge in [-0.25, -0.2) is 9.59 Å². The summed E-state index contributed by atoms with van der Waals surface area (Å²) in [5.74, 6) is 0.162. The van der Waals surface area contributed by atoms with Crippen LogP contribution in [0, 0.1) is 5.92 Å². The highest BCUT2D eigenvalue weighted by molar-refractivity contribution is 5.89. The van der Waals surface area contributed by atoms with Crippen molar-refractivity contribution in [2.24, 2.45) is 5.92 Å². The van der Waals surface area contributed by atoms with E-state index in [9.17, 15) is 9.59 Å². The maximum atomic E-state index is 12.4. The van der Waals surface area contributed by atoms with E-state index >= 15 is 0 Å². The Morgan fingerprint density at radius 2 is 1.72 bits per heavy atom. The molecule has 2 aliphatic rings. The van der Waals surface area contributed by atoms with Gasteiger partial charge in [-0.05, 0) is 30.7 Å². The average molecular weight is 406 g/mol. The average Bonchev–Trinajstić information content (AvgIpc) is 3.28. The van der Waals surface area contributed by atoms with Gasteiger partial charge in [0.15, 0.2) is 6.10 Å². The number of benzene rings is 1. The zero-order valence-electron chi connectivity index (χ0n) is 17.1. The SMILES string of the molecule is CCCCCCCOC(=O)Oc1ccc(C(=O)O[C@@H]2COC3C2OC[C@@H]3C)cc1. The van der Waals surface area contributed by atoms with E-state index in [2.05, 4.69) is 13.8 Å². The van der Waals surface area contributed by atoms with Gasteiger partial charge in [-0.3, -0.25) is 0 Å². The maximum absolute atomic E-state index is 12.4. The number of carbonyl (C=O) groups excluding carboxylic acids is 2. The molecule has 4 atom stereocenters. The first-order valence-electron chi connectivity index (χ1n) is 10.5. The van der Waals surface area contributed by atoms with Crippen LogP contribution in [0.3, 0.4) is 0 Å². The van der Waals surface area contributed by atoms with Crippen LogP contribution in [0.2, 0.25) is 0 Å². The van der Waals surface area contributed by atoms with Crippen molar-refractivity contribution >= 4 is 12.1 Å². The zero-order chi connectivity index (χ0) is 20.6. The molecule has 0 radical (unpaired) electrons. The Labute approximate surface area is 171 Å². The summed E-state index contributed by atoms with van der Waals surface area (Å²) in [6.45, 7) is 5.52. The molecule has 0 N–H and O–H groups in total. The van der Waals surface area contributed by atoms with Gasteiger partial charge in [0.2, 0.25) is 0 Å². The quantitative estimate of drug-likeness (QED) is 0.346. The highest BCUT2D eigenvalue weighted by atomic mass is 16.7. The Morgan fingerprint density at radius 1 is 1.00 bits per heavy atom. The molecule has 0 aliphatic carbocycles. The van der Waals surface area contributed by atoms with Crippen molar-refractivity contribution in [2.75, 3.05) is 19.8 Å². The van der Waals surface area contributed by atoms with Crippen molar-refractivity contribution in [2.45, 2.75) is 64.3 Å². The number of carbonyl (C=O) groups is 2. The van der Waals surface area contributed by atoms with Crippen LogP contribution in [-0.4, -0.2) is 50.3 Å². The fraction of sp³-hybridized carbons (Fsp3) is 0.636. The standard InChI is InChI=1S/C22H30O7/c1-3-4-5-6-7-12-25-22(24)28-17-10-8-16(9-11-17)21(23)29-18-14-27-19-15(2)13-26-20(18)19/h8-11,15,18-20H,3-7,12-14H2,1-2H3/t15-,18+,19?,20?/m0/s1. The summed E-state index contributed by atoms with van der Waals surface area (Å²) in [7, 11) is 0. The Balaban J connectivity index is 1.40. The van der Waals surface area contributed by atoms with Crippen LogP contribution < -0.4 is 4.74 Å². The normalized spacial score (nSPS) is 25.4. The molecule has 160 valence electrons. The van der Waals surface area contributed by atoms with E-state index < -0.39 is 18.2 Å². The predicted octanol–water partition coefficient (Wildman–Crippen LogP) is 4.13. The minimum Gasteiger partial charge on any atom is -0.453 e. The molecule has 2 fully saturated rings. The summed E-state index contributed by atoms with van der Waals surface area (Å²) in [6, 6.07) is 6.20. The molecule has 0 aromatic heterocycles. The first-order valence-corrected chi connectivity index (χ1v) is 10.5. The van der Waals surface area contributed by atoms with Crippen LogP contribution in [0.4, 0.5) is 4.79 Å². The lowest BCUT2D eigenvalue weighted by molar-refractivity contribution is -0.0158. The predicted molar refractivity (Wildman–Crippen MR) is 105 cm³/mol. The summed E-state index contributed by atoms with van der Waals surface area (Å²) in [5.41, 5.74) is 0.371. The molecule has 1 aromatic rings. The van der Waals surface area contributed by atoms with Crippen LogP contribution >= 0.6 is 0 Å². The lowest BCUT2D eigenvalue weighted by Gasteiger charge is -2.16. The molecule has 0 bridgehead atoms. The van der Waals surface area contributed by atoms with E-state index in [0.29, 0.717) is 37.1 Å². The smallest absolute Gasteiger partial charge is 0.453 e. The second kappa shape index (κ2) is 10.6. The summed E-state index contributed by atoms with van der Waals surface area (Å²) < 4.78 is 27.1. The molecule has 2 heterocycles. The highest BCUT2D eigenvalue weighted by Crippen LogP contribution is 2.32. The molecule has 7 heteroatoms. The van der Waals surface area contributed by atoms with E-state index in [-0.39, 0.29) is 12.2 Å². The number of ether oxygens (including phenoxy) is 5. The van der Waals surface area contributed by atoms with Crippen LogP contribution in [0.25, 0.3) is 0 Å². The van der Waals surface area contributed by atoms with Crippen LogP contribution in [0.15, 0.2) is 24.3 Å². The number of rotatable bonds is 9. The summed E-state index contributed by atoms with van der Waals surface area (Å²) in [6.07, 6.45) is 4.03. The van der Waals surface area contributed by atoms with E-state index in [4.69, 9.17) is 23.7 Å². The van der Waals surface area contributed by atoms with Gasteiger partial charge in [-0.2, -0.15) is 0 Å². The largest absolute Gasteiger partial charge is 0.513 e. The van der Waals surface area contributed by atoms with Gasteiger partial charge < -0.3 is 23.7 Å². The third kappa shape index (κ3) is 5.93. The van der Waals surface area contributed by atoms with Gasteiger partial charge in [0.25, 0.3) is 0 Å². The topological polar surface area (TPSA) is 80.3 Å². The van der Waals surface area contributed by atoms with Crippen LogP contribution in [-0.2, 0) is 18.9 Å². The van der Waals surface area contributed by atoms with E-state index in [0.717, 1.165) is 19.3 Å². The number of hydrogen-bond donors (Lipinski definition) is 0. The third-order valence-corrected chi connectivity index (χ3v) is 5.27. The van der Waals surface area contributed by atoms with Crippen molar-refractivity contribution in [1.29, 1.82) is 0 Å². The molecule has 29 heavy (non-hydrogen) atoms. The molecule has 7 nitrogen and oxygen atoms in total. The van der Waals surface area contributed by atoms with Gasteiger partial charge in [0, 0.05) is 5.92 Å².